The zero-order valence-corrected chi connectivity index (χ0v) is 8.41. The van der Waals surface area contributed by atoms with Crippen molar-refractivity contribution in [1.82, 2.24) is 4.98 Å². The van der Waals surface area contributed by atoms with Gasteiger partial charge in [-0.3, -0.25) is 0 Å². The van der Waals surface area contributed by atoms with Crippen LogP contribution in [-0.4, -0.2) is 4.98 Å². The predicted molar refractivity (Wildman–Crippen MR) is 55.4 cm³/mol. The molecule has 2 nitrogen and oxygen atoms in total. The molecule has 4 heteroatoms. The van der Waals surface area contributed by atoms with Gasteiger partial charge in [0.05, 0.1) is 16.2 Å². The van der Waals surface area contributed by atoms with Gasteiger partial charge in [-0.15, -0.1) is 0 Å². The van der Waals surface area contributed by atoms with E-state index in [-0.39, 0.29) is 0 Å². The Kier molecular flexibility index (Phi) is 1.77. The van der Waals surface area contributed by atoms with Gasteiger partial charge in [0.2, 0.25) is 0 Å². The molecule has 1 aromatic carbocycles. The van der Waals surface area contributed by atoms with Gasteiger partial charge in [0.25, 0.3) is 0 Å². The third-order valence-electron chi connectivity index (χ3n) is 1.73. The Bertz CT molecular complexity index is 436. The zero-order valence-electron chi connectivity index (χ0n) is 6.07. The van der Waals surface area contributed by atoms with Crippen LogP contribution in [0.2, 0.25) is 5.02 Å². The second kappa shape index (κ2) is 2.68. The third-order valence-corrected chi connectivity index (χ3v) is 2.50. The largest absolute Gasteiger partial charge is 0.397 e. The van der Waals surface area contributed by atoms with E-state index >= 15 is 0 Å². The second-order valence-corrected chi connectivity index (χ2v) is 3.88. The van der Waals surface area contributed by atoms with Gasteiger partial charge < -0.3 is 10.7 Å². The maximum atomic E-state index is 5.91. The summed E-state index contributed by atoms with van der Waals surface area (Å²) in [6.07, 6.45) is 1.73. The van der Waals surface area contributed by atoms with E-state index in [0.717, 1.165) is 15.4 Å². The standard InChI is InChI=1S/C8H6BrClN2/c9-4-1-5-6(10)3-12-8(5)7(11)2-4/h1-3,12H,11H2. The average molecular weight is 246 g/mol. The molecule has 0 spiro atoms. The quantitative estimate of drug-likeness (QED) is 0.688. The van der Waals surface area contributed by atoms with Gasteiger partial charge in [0.1, 0.15) is 0 Å². The first-order valence-corrected chi connectivity index (χ1v) is 4.57. The van der Waals surface area contributed by atoms with Gasteiger partial charge in [0, 0.05) is 16.1 Å². The van der Waals surface area contributed by atoms with Crippen LogP contribution in [0.25, 0.3) is 10.9 Å². The SMILES string of the molecule is Nc1cc(Br)cc2c(Cl)c[nH]c12. The van der Waals surface area contributed by atoms with Crippen molar-refractivity contribution < 1.29 is 0 Å². The number of nitrogens with one attached hydrogen (secondary N) is 1. The van der Waals surface area contributed by atoms with Crippen LogP contribution in [0.15, 0.2) is 22.8 Å². The third kappa shape index (κ3) is 1.09. The van der Waals surface area contributed by atoms with Crippen LogP contribution in [0.3, 0.4) is 0 Å². The fourth-order valence-electron chi connectivity index (χ4n) is 1.19. The van der Waals surface area contributed by atoms with Gasteiger partial charge in [-0.2, -0.15) is 0 Å². The molecule has 62 valence electrons. The highest BCUT2D eigenvalue weighted by molar-refractivity contribution is 9.10. The molecule has 0 saturated carbocycles. The van der Waals surface area contributed by atoms with E-state index in [9.17, 15) is 0 Å². The molecule has 1 heterocycles. The first-order chi connectivity index (χ1) is 5.68. The number of anilines is 1. The normalized spacial score (nSPS) is 10.8. The lowest BCUT2D eigenvalue weighted by atomic mass is 10.2. The maximum absolute atomic E-state index is 5.91. The molecule has 0 fully saturated rings. The van der Waals surface area contributed by atoms with Crippen molar-refractivity contribution in [1.29, 1.82) is 0 Å². The summed E-state index contributed by atoms with van der Waals surface area (Å²) in [6.45, 7) is 0. The van der Waals surface area contributed by atoms with E-state index in [4.69, 9.17) is 17.3 Å². The Labute approximate surface area is 82.8 Å². The first kappa shape index (κ1) is 7.95. The molecule has 12 heavy (non-hydrogen) atoms. The monoisotopic (exact) mass is 244 g/mol. The first-order valence-electron chi connectivity index (χ1n) is 3.40. The number of H-pyrrole nitrogens is 1. The van der Waals surface area contributed by atoms with Crippen LogP contribution < -0.4 is 5.73 Å². The minimum absolute atomic E-state index is 0.693. The average Bonchev–Trinajstić information content (AvgIpc) is 2.33. The molecule has 2 aromatic rings. The van der Waals surface area contributed by atoms with Crippen LogP contribution in [0.5, 0.6) is 0 Å². The van der Waals surface area contributed by atoms with Crippen molar-refractivity contribution in [2.75, 3.05) is 5.73 Å². The maximum Gasteiger partial charge on any atom is 0.0703 e. The van der Waals surface area contributed by atoms with Gasteiger partial charge >= 0.3 is 0 Å². The predicted octanol–water partition coefficient (Wildman–Crippen LogP) is 3.17. The minimum Gasteiger partial charge on any atom is -0.397 e. The number of aromatic amines is 1. The second-order valence-electron chi connectivity index (χ2n) is 2.55. The summed E-state index contributed by atoms with van der Waals surface area (Å²) in [5.74, 6) is 0. The van der Waals surface area contributed by atoms with Gasteiger partial charge in [-0.1, -0.05) is 27.5 Å². The summed E-state index contributed by atoms with van der Waals surface area (Å²) in [4.78, 5) is 3.01. The molecule has 0 bridgehead atoms. The van der Waals surface area contributed by atoms with Crippen molar-refractivity contribution in [2.24, 2.45) is 0 Å². The Morgan fingerprint density at radius 3 is 2.92 bits per heavy atom. The Hall–Kier alpha value is -0.670. The lowest BCUT2D eigenvalue weighted by molar-refractivity contribution is 1.47. The van der Waals surface area contributed by atoms with Crippen LogP contribution in [-0.2, 0) is 0 Å². The number of halogens is 2. The fraction of sp³-hybridized carbons (Fsp3) is 0. The number of hydrogen-bond acceptors (Lipinski definition) is 1. The summed E-state index contributed by atoms with van der Waals surface area (Å²) in [6, 6.07) is 3.78. The summed E-state index contributed by atoms with van der Waals surface area (Å²) in [5.41, 5.74) is 7.34. The minimum atomic E-state index is 0.693. The lowest BCUT2D eigenvalue weighted by Crippen LogP contribution is -1.85. The number of hydrogen-bond donors (Lipinski definition) is 2. The molecule has 0 radical (unpaired) electrons. The highest BCUT2D eigenvalue weighted by atomic mass is 79.9. The zero-order chi connectivity index (χ0) is 8.72. The molecule has 0 aliphatic rings. The molecule has 3 N–H and O–H groups in total. The van der Waals surface area contributed by atoms with E-state index in [0.29, 0.717) is 10.7 Å². The number of rotatable bonds is 0. The summed E-state index contributed by atoms with van der Waals surface area (Å²) in [7, 11) is 0. The van der Waals surface area contributed by atoms with E-state index in [2.05, 4.69) is 20.9 Å². The highest BCUT2D eigenvalue weighted by Gasteiger charge is 2.04. The van der Waals surface area contributed by atoms with Crippen LogP contribution >= 0.6 is 27.5 Å². The number of aromatic nitrogens is 1. The smallest absolute Gasteiger partial charge is 0.0703 e. The molecule has 2 rings (SSSR count). The van der Waals surface area contributed by atoms with Crippen molar-refractivity contribution in [3.05, 3.63) is 27.8 Å². The van der Waals surface area contributed by atoms with Gasteiger partial charge in [-0.05, 0) is 12.1 Å². The molecule has 1 aromatic heterocycles. The van der Waals surface area contributed by atoms with E-state index in [1.807, 2.05) is 12.1 Å². The van der Waals surface area contributed by atoms with E-state index in [1.165, 1.54) is 0 Å². The Balaban J connectivity index is 2.92. The number of nitrogens with two attached hydrogens (primary N) is 1. The Morgan fingerprint density at radius 1 is 1.42 bits per heavy atom. The molecule has 0 unspecified atom stereocenters. The molecule has 0 saturated heterocycles. The highest BCUT2D eigenvalue weighted by Crippen LogP contribution is 2.30. The molecular weight excluding hydrogens is 239 g/mol. The number of fused-ring (bicyclic) bond motifs is 1. The fourth-order valence-corrected chi connectivity index (χ4v) is 1.87. The van der Waals surface area contributed by atoms with Crippen molar-refractivity contribution in [3.8, 4) is 0 Å². The Morgan fingerprint density at radius 2 is 2.17 bits per heavy atom. The molecule has 0 aliphatic carbocycles. The molecule has 0 atom stereocenters. The van der Waals surface area contributed by atoms with Crippen molar-refractivity contribution >= 4 is 44.1 Å². The number of nitrogen functional groups attached to an aromatic ring is 1. The van der Waals surface area contributed by atoms with Crippen molar-refractivity contribution in [2.45, 2.75) is 0 Å². The van der Waals surface area contributed by atoms with Gasteiger partial charge in [0.15, 0.2) is 0 Å². The van der Waals surface area contributed by atoms with E-state index < -0.39 is 0 Å². The number of benzene rings is 1. The summed E-state index contributed by atoms with van der Waals surface area (Å²) in [5, 5.41) is 1.64. The summed E-state index contributed by atoms with van der Waals surface area (Å²) < 4.78 is 0.939. The summed E-state index contributed by atoms with van der Waals surface area (Å²) >= 11 is 9.26. The van der Waals surface area contributed by atoms with E-state index in [1.54, 1.807) is 6.20 Å². The van der Waals surface area contributed by atoms with Crippen LogP contribution in [0, 0.1) is 0 Å². The lowest BCUT2D eigenvalue weighted by Gasteiger charge is -1.97. The molecule has 0 amide bonds. The van der Waals surface area contributed by atoms with Crippen LogP contribution in [0.1, 0.15) is 0 Å². The van der Waals surface area contributed by atoms with Crippen LogP contribution in [0.4, 0.5) is 5.69 Å². The van der Waals surface area contributed by atoms with Crippen molar-refractivity contribution in [3.63, 3.8) is 0 Å². The van der Waals surface area contributed by atoms with Gasteiger partial charge in [-0.25, -0.2) is 0 Å². The topological polar surface area (TPSA) is 41.8 Å². The molecular formula is C8H6BrClN2. The molecule has 0 aliphatic heterocycles.